The van der Waals surface area contributed by atoms with Gasteiger partial charge >= 0.3 is 0 Å². The zero-order valence-corrected chi connectivity index (χ0v) is 6.16. The molecule has 3 heteroatoms. The molecule has 0 atom stereocenters. The molecule has 11 heavy (non-hydrogen) atoms. The largest absolute Gasteiger partial charge is 0.369 e. The van der Waals surface area contributed by atoms with Crippen molar-refractivity contribution in [3.05, 3.63) is 23.9 Å². The molecule has 1 heterocycles. The molecule has 1 amide bonds. The van der Waals surface area contributed by atoms with Gasteiger partial charge in [0.05, 0.1) is 6.42 Å². The Morgan fingerprint density at radius 3 is 3.27 bits per heavy atom. The average Bonchev–Trinajstić information content (AvgIpc) is 2.14. The van der Waals surface area contributed by atoms with Crippen LogP contribution >= 0.6 is 0 Å². The fraction of sp³-hybridized carbons (Fsp3) is 0.250. The number of aliphatic imine (C=N–C) groups is 1. The number of allylic oxidation sites excluding steroid dienone is 2. The van der Waals surface area contributed by atoms with Gasteiger partial charge in [-0.1, -0.05) is 12.2 Å². The minimum atomic E-state index is -0.321. The van der Waals surface area contributed by atoms with Crippen LogP contribution in [0.4, 0.5) is 0 Å². The lowest BCUT2D eigenvalue weighted by Crippen LogP contribution is -2.10. The van der Waals surface area contributed by atoms with Crippen LogP contribution < -0.4 is 5.73 Å². The van der Waals surface area contributed by atoms with Crippen molar-refractivity contribution < 1.29 is 4.79 Å². The van der Waals surface area contributed by atoms with Gasteiger partial charge in [-0.05, 0) is 5.57 Å². The smallest absolute Gasteiger partial charge is 0.221 e. The van der Waals surface area contributed by atoms with Crippen LogP contribution in [-0.4, -0.2) is 12.1 Å². The number of carbonyl (C=O) groups is 1. The Balaban J connectivity index is 2.62. The van der Waals surface area contributed by atoms with Crippen molar-refractivity contribution in [2.75, 3.05) is 0 Å². The molecule has 0 fully saturated rings. The van der Waals surface area contributed by atoms with E-state index in [1.54, 1.807) is 12.4 Å². The third kappa shape index (κ3) is 2.80. The molecule has 2 N–H and O–H groups in total. The molecular formula is C8H10N2O. The molecule has 1 rings (SSSR count). The number of rotatable bonds is 2. The highest BCUT2D eigenvalue weighted by molar-refractivity contribution is 5.77. The quantitative estimate of drug-likeness (QED) is 0.621. The molecule has 0 aromatic carbocycles. The van der Waals surface area contributed by atoms with Crippen molar-refractivity contribution >= 4 is 12.1 Å². The zero-order valence-electron chi connectivity index (χ0n) is 6.16. The monoisotopic (exact) mass is 150 g/mol. The molecule has 0 aromatic rings. The molecule has 0 saturated carbocycles. The molecule has 0 spiro atoms. The number of primary amides is 1. The molecule has 58 valence electrons. The summed E-state index contributed by atoms with van der Waals surface area (Å²) in [6, 6.07) is 0. The molecule has 0 radical (unpaired) electrons. The van der Waals surface area contributed by atoms with E-state index in [0.29, 0.717) is 0 Å². The van der Waals surface area contributed by atoms with Crippen LogP contribution in [0.3, 0.4) is 0 Å². The molecule has 1 aliphatic heterocycles. The summed E-state index contributed by atoms with van der Waals surface area (Å²) in [5.74, 6) is -0.321. The second kappa shape index (κ2) is 3.71. The highest BCUT2D eigenvalue weighted by Gasteiger charge is 1.98. The van der Waals surface area contributed by atoms with E-state index >= 15 is 0 Å². The van der Waals surface area contributed by atoms with Gasteiger partial charge in [-0.3, -0.25) is 9.79 Å². The van der Waals surface area contributed by atoms with Gasteiger partial charge in [0.2, 0.25) is 5.91 Å². The van der Waals surface area contributed by atoms with Gasteiger partial charge in [-0.15, -0.1) is 0 Å². The van der Waals surface area contributed by atoms with Crippen LogP contribution in [0.2, 0.25) is 0 Å². The van der Waals surface area contributed by atoms with Crippen LogP contribution in [-0.2, 0) is 4.79 Å². The van der Waals surface area contributed by atoms with Crippen LogP contribution in [0.5, 0.6) is 0 Å². The average molecular weight is 150 g/mol. The minimum Gasteiger partial charge on any atom is -0.369 e. The highest BCUT2D eigenvalue weighted by Crippen LogP contribution is 2.05. The molecule has 0 aliphatic carbocycles. The molecule has 0 unspecified atom stereocenters. The van der Waals surface area contributed by atoms with Gasteiger partial charge in [0, 0.05) is 18.8 Å². The summed E-state index contributed by atoms with van der Waals surface area (Å²) >= 11 is 0. The first-order chi connectivity index (χ1) is 5.29. The Morgan fingerprint density at radius 2 is 2.55 bits per heavy atom. The van der Waals surface area contributed by atoms with E-state index in [-0.39, 0.29) is 12.3 Å². The minimum absolute atomic E-state index is 0.272. The lowest BCUT2D eigenvalue weighted by molar-refractivity contribution is -0.117. The van der Waals surface area contributed by atoms with Crippen molar-refractivity contribution in [1.82, 2.24) is 0 Å². The summed E-state index contributed by atoms with van der Waals surface area (Å²) in [7, 11) is 0. The number of hydrogen-bond donors (Lipinski definition) is 1. The maximum atomic E-state index is 10.5. The Kier molecular flexibility index (Phi) is 2.60. The maximum absolute atomic E-state index is 10.5. The molecule has 3 nitrogen and oxygen atoms in total. The Labute approximate surface area is 65.3 Å². The van der Waals surface area contributed by atoms with Crippen molar-refractivity contribution in [3.63, 3.8) is 0 Å². The van der Waals surface area contributed by atoms with E-state index in [1.807, 2.05) is 12.2 Å². The summed E-state index contributed by atoms with van der Waals surface area (Å²) in [4.78, 5) is 14.4. The third-order valence-electron chi connectivity index (χ3n) is 1.30. The Bertz CT molecular complexity index is 238. The predicted molar refractivity (Wildman–Crippen MR) is 44.1 cm³/mol. The molecule has 0 bridgehead atoms. The Morgan fingerprint density at radius 1 is 1.73 bits per heavy atom. The van der Waals surface area contributed by atoms with Crippen molar-refractivity contribution in [1.29, 1.82) is 0 Å². The van der Waals surface area contributed by atoms with Gasteiger partial charge < -0.3 is 5.73 Å². The van der Waals surface area contributed by atoms with Gasteiger partial charge in [-0.25, -0.2) is 0 Å². The molecular weight excluding hydrogens is 140 g/mol. The summed E-state index contributed by atoms with van der Waals surface area (Å²) in [6.07, 6.45) is 8.36. The van der Waals surface area contributed by atoms with Gasteiger partial charge in [0.1, 0.15) is 0 Å². The fourth-order valence-corrected chi connectivity index (χ4v) is 0.838. The second-order valence-corrected chi connectivity index (χ2v) is 2.32. The summed E-state index contributed by atoms with van der Waals surface area (Å²) in [5, 5.41) is 0. The van der Waals surface area contributed by atoms with E-state index in [0.717, 1.165) is 12.0 Å². The zero-order chi connectivity index (χ0) is 8.10. The van der Waals surface area contributed by atoms with Gasteiger partial charge in [0.25, 0.3) is 0 Å². The van der Waals surface area contributed by atoms with E-state index < -0.39 is 0 Å². The highest BCUT2D eigenvalue weighted by atomic mass is 16.1. The summed E-state index contributed by atoms with van der Waals surface area (Å²) in [5.41, 5.74) is 5.88. The van der Waals surface area contributed by atoms with Gasteiger partial charge in [0.15, 0.2) is 0 Å². The van der Waals surface area contributed by atoms with Crippen molar-refractivity contribution in [3.8, 4) is 0 Å². The van der Waals surface area contributed by atoms with Crippen LogP contribution in [0.1, 0.15) is 12.8 Å². The predicted octanol–water partition coefficient (Wildman–Crippen LogP) is 0.776. The standard InChI is InChI=1S/C8H10N2O/c9-8(11)5-7-3-1-2-4-10-6-7/h1,3-4,6H,2,5H2,(H2,9,11). The topological polar surface area (TPSA) is 55.5 Å². The molecule has 1 aliphatic rings. The normalized spacial score (nSPS) is 15.8. The number of amides is 1. The first-order valence-electron chi connectivity index (χ1n) is 3.44. The maximum Gasteiger partial charge on any atom is 0.221 e. The summed E-state index contributed by atoms with van der Waals surface area (Å²) in [6.45, 7) is 0. The molecule has 0 aromatic heterocycles. The van der Waals surface area contributed by atoms with E-state index in [9.17, 15) is 4.79 Å². The number of nitrogens with zero attached hydrogens (tertiary/aromatic N) is 1. The molecule has 0 saturated heterocycles. The first kappa shape index (κ1) is 7.72. The number of nitrogens with two attached hydrogens (primary N) is 1. The third-order valence-corrected chi connectivity index (χ3v) is 1.30. The van der Waals surface area contributed by atoms with Crippen molar-refractivity contribution in [2.24, 2.45) is 10.7 Å². The van der Waals surface area contributed by atoms with Crippen LogP contribution in [0, 0.1) is 0 Å². The first-order valence-corrected chi connectivity index (χ1v) is 3.44. The fourth-order valence-electron chi connectivity index (χ4n) is 0.838. The van der Waals surface area contributed by atoms with Gasteiger partial charge in [-0.2, -0.15) is 0 Å². The summed E-state index contributed by atoms with van der Waals surface area (Å²) < 4.78 is 0. The SMILES string of the molecule is NC(=O)CC1=CN=CCC=C1. The van der Waals surface area contributed by atoms with Crippen LogP contribution in [0.15, 0.2) is 28.9 Å². The van der Waals surface area contributed by atoms with Crippen LogP contribution in [0.25, 0.3) is 0 Å². The lowest BCUT2D eigenvalue weighted by Gasteiger charge is -1.93. The lowest BCUT2D eigenvalue weighted by atomic mass is 10.2. The van der Waals surface area contributed by atoms with Crippen molar-refractivity contribution in [2.45, 2.75) is 12.8 Å². The van der Waals surface area contributed by atoms with E-state index in [1.165, 1.54) is 0 Å². The number of carbonyl (C=O) groups excluding carboxylic acids is 1. The van der Waals surface area contributed by atoms with E-state index in [2.05, 4.69) is 4.99 Å². The van der Waals surface area contributed by atoms with E-state index in [4.69, 9.17) is 5.73 Å². The number of hydrogen-bond acceptors (Lipinski definition) is 2. The second-order valence-electron chi connectivity index (χ2n) is 2.32. The Hall–Kier alpha value is -1.38.